The van der Waals surface area contributed by atoms with Crippen LogP contribution in [0.15, 0.2) is 24.4 Å². The van der Waals surface area contributed by atoms with Gasteiger partial charge in [0.25, 0.3) is 0 Å². The lowest BCUT2D eigenvalue weighted by atomic mass is 10.1. The molecule has 27 heavy (non-hydrogen) atoms. The van der Waals surface area contributed by atoms with Gasteiger partial charge in [-0.2, -0.15) is 0 Å². The summed E-state index contributed by atoms with van der Waals surface area (Å²) in [6.07, 6.45) is 2.27. The molecule has 2 rings (SSSR count). The number of methoxy groups -OCH3 is 2. The fraction of sp³-hybridized carbons (Fsp3) is 0.389. The molecule has 0 saturated carbocycles. The first-order valence-electron chi connectivity index (χ1n) is 8.39. The molecular formula is C18H22FN3O5. The first-order valence-corrected chi connectivity index (χ1v) is 8.39. The largest absolute Gasteiger partial charge is 0.469 e. The van der Waals surface area contributed by atoms with Crippen molar-refractivity contribution in [2.45, 2.75) is 25.3 Å². The first-order chi connectivity index (χ1) is 12.9. The maximum Gasteiger partial charge on any atom is 0.328 e. The van der Waals surface area contributed by atoms with Crippen molar-refractivity contribution in [1.82, 2.24) is 15.6 Å². The van der Waals surface area contributed by atoms with Gasteiger partial charge >= 0.3 is 18.0 Å². The second-order valence-electron chi connectivity index (χ2n) is 5.84. The minimum atomic E-state index is -0.962. The smallest absolute Gasteiger partial charge is 0.328 e. The van der Waals surface area contributed by atoms with Crippen LogP contribution in [0, 0.1) is 5.82 Å². The molecule has 0 radical (unpaired) electrons. The van der Waals surface area contributed by atoms with E-state index < -0.39 is 24.0 Å². The summed E-state index contributed by atoms with van der Waals surface area (Å²) in [6.45, 7) is 0.278. The van der Waals surface area contributed by atoms with Crippen molar-refractivity contribution in [3.63, 3.8) is 0 Å². The Morgan fingerprint density at radius 3 is 2.70 bits per heavy atom. The third-order valence-electron chi connectivity index (χ3n) is 4.07. The van der Waals surface area contributed by atoms with Crippen LogP contribution >= 0.6 is 0 Å². The minimum absolute atomic E-state index is 0.0303. The van der Waals surface area contributed by atoms with Crippen LogP contribution in [0.5, 0.6) is 0 Å². The summed E-state index contributed by atoms with van der Waals surface area (Å²) in [6, 6.07) is 2.92. The Bertz CT molecular complexity index is 820. The molecule has 1 aromatic carbocycles. The average Bonchev–Trinajstić information content (AvgIpc) is 3.06. The quantitative estimate of drug-likeness (QED) is 0.604. The van der Waals surface area contributed by atoms with E-state index in [0.29, 0.717) is 6.42 Å². The molecule has 8 nitrogen and oxygen atoms in total. The molecule has 1 atom stereocenters. The molecule has 0 bridgehead atoms. The van der Waals surface area contributed by atoms with Crippen LogP contribution in [0.25, 0.3) is 10.9 Å². The van der Waals surface area contributed by atoms with Crippen molar-refractivity contribution in [3.05, 3.63) is 35.8 Å². The van der Waals surface area contributed by atoms with Crippen molar-refractivity contribution >= 4 is 28.9 Å². The van der Waals surface area contributed by atoms with Gasteiger partial charge < -0.3 is 25.1 Å². The Morgan fingerprint density at radius 2 is 2.00 bits per heavy atom. The summed E-state index contributed by atoms with van der Waals surface area (Å²) in [5.41, 5.74) is 1.67. The molecule has 146 valence electrons. The SMILES string of the molecule is COC(=O)CC[C@H](NC(=O)NCCc1c[nH]c2ccc(F)cc12)C(=O)OC. The molecule has 2 aromatic rings. The van der Waals surface area contributed by atoms with Crippen molar-refractivity contribution in [1.29, 1.82) is 0 Å². The number of amides is 2. The Morgan fingerprint density at radius 1 is 1.22 bits per heavy atom. The van der Waals surface area contributed by atoms with Crippen molar-refractivity contribution in [2.75, 3.05) is 20.8 Å². The highest BCUT2D eigenvalue weighted by atomic mass is 19.1. The number of nitrogens with one attached hydrogen (secondary N) is 3. The lowest BCUT2D eigenvalue weighted by Gasteiger charge is -2.16. The summed E-state index contributed by atoms with van der Waals surface area (Å²) < 4.78 is 22.5. The number of rotatable bonds is 8. The van der Waals surface area contributed by atoms with Crippen LogP contribution in [0.1, 0.15) is 18.4 Å². The zero-order valence-corrected chi connectivity index (χ0v) is 15.1. The monoisotopic (exact) mass is 379 g/mol. The third-order valence-corrected chi connectivity index (χ3v) is 4.07. The lowest BCUT2D eigenvalue weighted by Crippen LogP contribution is -2.47. The van der Waals surface area contributed by atoms with E-state index >= 15 is 0 Å². The Labute approximate surface area is 155 Å². The van der Waals surface area contributed by atoms with E-state index in [2.05, 4.69) is 25.1 Å². The summed E-state index contributed by atoms with van der Waals surface area (Å²) in [7, 11) is 2.44. The number of fused-ring (bicyclic) bond motifs is 1. The van der Waals surface area contributed by atoms with Gasteiger partial charge in [0.1, 0.15) is 11.9 Å². The number of aromatic nitrogens is 1. The first kappa shape index (κ1) is 20.2. The van der Waals surface area contributed by atoms with E-state index in [4.69, 9.17) is 0 Å². The van der Waals surface area contributed by atoms with Crippen LogP contribution in [-0.4, -0.2) is 49.8 Å². The molecule has 0 spiro atoms. The van der Waals surface area contributed by atoms with Crippen molar-refractivity contribution in [2.24, 2.45) is 0 Å². The molecule has 0 aliphatic rings. The second kappa shape index (κ2) is 9.56. The van der Waals surface area contributed by atoms with Crippen LogP contribution in [-0.2, 0) is 25.5 Å². The fourth-order valence-corrected chi connectivity index (χ4v) is 2.63. The molecule has 0 aliphatic carbocycles. The zero-order chi connectivity index (χ0) is 19.8. The number of benzene rings is 1. The van der Waals surface area contributed by atoms with Crippen molar-refractivity contribution in [3.8, 4) is 0 Å². The van der Waals surface area contributed by atoms with E-state index in [1.807, 2.05) is 0 Å². The molecule has 0 aliphatic heterocycles. The molecule has 9 heteroatoms. The molecule has 1 heterocycles. The molecule has 3 N–H and O–H groups in total. The average molecular weight is 379 g/mol. The van der Waals surface area contributed by atoms with E-state index in [1.54, 1.807) is 12.3 Å². The van der Waals surface area contributed by atoms with Gasteiger partial charge in [-0.25, -0.2) is 14.0 Å². The molecule has 0 fully saturated rings. The number of halogens is 1. The van der Waals surface area contributed by atoms with E-state index in [1.165, 1.54) is 26.4 Å². The highest BCUT2D eigenvalue weighted by molar-refractivity contribution is 5.85. The van der Waals surface area contributed by atoms with Crippen LogP contribution < -0.4 is 10.6 Å². The molecule has 2 amide bonds. The predicted octanol–water partition coefficient (Wildman–Crippen LogP) is 1.64. The lowest BCUT2D eigenvalue weighted by molar-refractivity contribution is -0.144. The van der Waals surface area contributed by atoms with E-state index in [-0.39, 0.29) is 25.2 Å². The molecular weight excluding hydrogens is 357 g/mol. The number of carbonyl (C=O) groups excluding carboxylic acids is 3. The van der Waals surface area contributed by atoms with Gasteiger partial charge in [0, 0.05) is 30.1 Å². The standard InChI is InChI=1S/C18H22FN3O5/c1-26-16(23)6-5-15(17(24)27-2)22-18(25)20-8-7-11-10-21-14-4-3-12(19)9-13(11)14/h3-4,9-10,15,21H,5-8H2,1-2H3,(H2,20,22,25)/t15-/m0/s1. The van der Waals surface area contributed by atoms with Gasteiger partial charge in [0.15, 0.2) is 0 Å². The number of urea groups is 1. The number of carbonyl (C=O) groups is 3. The number of H-pyrrole nitrogens is 1. The number of esters is 2. The maximum atomic E-state index is 13.4. The topological polar surface area (TPSA) is 110 Å². The highest BCUT2D eigenvalue weighted by Gasteiger charge is 2.22. The molecule has 0 unspecified atom stereocenters. The van der Waals surface area contributed by atoms with Crippen LogP contribution in [0.3, 0.4) is 0 Å². The Hall–Kier alpha value is -3.10. The van der Waals surface area contributed by atoms with Crippen LogP contribution in [0.4, 0.5) is 9.18 Å². The van der Waals surface area contributed by atoms with E-state index in [0.717, 1.165) is 16.5 Å². The summed E-state index contributed by atoms with van der Waals surface area (Å²) in [5.74, 6) is -1.47. The minimum Gasteiger partial charge on any atom is -0.469 e. The van der Waals surface area contributed by atoms with Crippen molar-refractivity contribution < 1.29 is 28.2 Å². The molecule has 0 saturated heterocycles. The van der Waals surface area contributed by atoms with Gasteiger partial charge in [0.05, 0.1) is 14.2 Å². The third kappa shape index (κ3) is 5.70. The highest BCUT2D eigenvalue weighted by Crippen LogP contribution is 2.19. The second-order valence-corrected chi connectivity index (χ2v) is 5.84. The summed E-state index contributed by atoms with van der Waals surface area (Å²) in [5, 5.41) is 5.86. The summed E-state index contributed by atoms with van der Waals surface area (Å²) >= 11 is 0. The van der Waals surface area contributed by atoms with E-state index in [9.17, 15) is 18.8 Å². The molecule has 1 aromatic heterocycles. The summed E-state index contributed by atoms with van der Waals surface area (Å²) in [4.78, 5) is 38.0. The Kier molecular flexibility index (Phi) is 7.16. The predicted molar refractivity (Wildman–Crippen MR) is 95.5 cm³/mol. The normalized spacial score (nSPS) is 11.7. The van der Waals surface area contributed by atoms with Gasteiger partial charge in [-0.3, -0.25) is 4.79 Å². The van der Waals surface area contributed by atoms with Gasteiger partial charge in [-0.05, 0) is 36.6 Å². The number of hydrogen-bond donors (Lipinski definition) is 3. The fourth-order valence-electron chi connectivity index (χ4n) is 2.63. The Balaban J connectivity index is 1.86. The van der Waals surface area contributed by atoms with Gasteiger partial charge in [-0.1, -0.05) is 0 Å². The maximum absolute atomic E-state index is 13.4. The number of aromatic amines is 1. The number of ether oxygens (including phenoxy) is 2. The van der Waals surface area contributed by atoms with Gasteiger partial charge in [0.2, 0.25) is 0 Å². The zero-order valence-electron chi connectivity index (χ0n) is 15.1. The van der Waals surface area contributed by atoms with Crippen LogP contribution in [0.2, 0.25) is 0 Å². The van der Waals surface area contributed by atoms with Gasteiger partial charge in [-0.15, -0.1) is 0 Å². The number of hydrogen-bond acceptors (Lipinski definition) is 5.